The standard InChI is InChI=1S/C17H19N3O2/c18-10-11-4-3-7-13(8-11)20-17(22)15-9-14(15)16(21)19-12-5-1-2-6-12/h3-4,7-8,12,14-15H,1-2,5-6,9H2,(H,19,21)(H,20,22). The van der Waals surface area contributed by atoms with Gasteiger partial charge in [-0.1, -0.05) is 18.9 Å². The van der Waals surface area contributed by atoms with Gasteiger partial charge in [0.15, 0.2) is 0 Å². The molecule has 2 N–H and O–H groups in total. The molecule has 3 rings (SSSR count). The van der Waals surface area contributed by atoms with E-state index in [0.717, 1.165) is 12.8 Å². The predicted molar refractivity (Wildman–Crippen MR) is 81.8 cm³/mol. The van der Waals surface area contributed by atoms with Crippen molar-refractivity contribution in [3.8, 4) is 6.07 Å². The number of carbonyl (C=O) groups is 2. The monoisotopic (exact) mass is 297 g/mol. The number of nitrogens with zero attached hydrogens (tertiary/aromatic N) is 1. The van der Waals surface area contributed by atoms with Gasteiger partial charge in [0.1, 0.15) is 0 Å². The summed E-state index contributed by atoms with van der Waals surface area (Å²) >= 11 is 0. The van der Waals surface area contributed by atoms with Gasteiger partial charge in [0.2, 0.25) is 11.8 Å². The fraction of sp³-hybridized carbons (Fsp3) is 0.471. The topological polar surface area (TPSA) is 82.0 Å². The number of hydrogen-bond acceptors (Lipinski definition) is 3. The first-order valence-corrected chi connectivity index (χ1v) is 7.79. The number of amides is 2. The molecule has 2 atom stereocenters. The van der Waals surface area contributed by atoms with Gasteiger partial charge in [0, 0.05) is 11.7 Å². The van der Waals surface area contributed by atoms with Crippen molar-refractivity contribution < 1.29 is 9.59 Å². The van der Waals surface area contributed by atoms with Crippen LogP contribution in [0.5, 0.6) is 0 Å². The lowest BCUT2D eigenvalue weighted by Crippen LogP contribution is -2.34. The molecule has 2 saturated carbocycles. The lowest BCUT2D eigenvalue weighted by atomic mass is 10.2. The van der Waals surface area contributed by atoms with Crippen molar-refractivity contribution in [1.82, 2.24) is 5.32 Å². The van der Waals surface area contributed by atoms with Crippen LogP contribution < -0.4 is 10.6 Å². The molecule has 2 amide bonds. The minimum Gasteiger partial charge on any atom is -0.353 e. The summed E-state index contributed by atoms with van der Waals surface area (Å²) in [5.74, 6) is -0.564. The zero-order chi connectivity index (χ0) is 15.5. The van der Waals surface area contributed by atoms with Crippen LogP contribution in [0.15, 0.2) is 24.3 Å². The molecule has 5 heteroatoms. The molecule has 22 heavy (non-hydrogen) atoms. The maximum atomic E-state index is 12.2. The molecule has 0 aliphatic heterocycles. The van der Waals surface area contributed by atoms with Gasteiger partial charge in [-0.05, 0) is 37.5 Å². The second-order valence-electron chi connectivity index (χ2n) is 6.12. The Hall–Kier alpha value is -2.35. The van der Waals surface area contributed by atoms with E-state index in [0.29, 0.717) is 23.7 Å². The Morgan fingerprint density at radius 1 is 1.14 bits per heavy atom. The normalized spacial score (nSPS) is 23.6. The number of nitriles is 1. The molecular weight excluding hydrogens is 278 g/mol. The highest BCUT2D eigenvalue weighted by Gasteiger charge is 2.48. The van der Waals surface area contributed by atoms with E-state index in [2.05, 4.69) is 10.6 Å². The van der Waals surface area contributed by atoms with Crippen molar-refractivity contribution in [2.45, 2.75) is 38.1 Å². The summed E-state index contributed by atoms with van der Waals surface area (Å²) in [5.41, 5.74) is 1.11. The van der Waals surface area contributed by atoms with Gasteiger partial charge in [-0.3, -0.25) is 9.59 Å². The zero-order valence-electron chi connectivity index (χ0n) is 12.3. The second kappa shape index (κ2) is 6.18. The predicted octanol–water partition coefficient (Wildman–Crippen LogP) is 2.19. The molecule has 2 aliphatic carbocycles. The number of nitrogens with one attached hydrogen (secondary N) is 2. The third kappa shape index (κ3) is 3.28. The summed E-state index contributed by atoms with van der Waals surface area (Å²) in [5, 5.41) is 14.7. The van der Waals surface area contributed by atoms with E-state index in [9.17, 15) is 9.59 Å². The molecule has 0 aromatic heterocycles. The Labute approximate surface area is 129 Å². The molecule has 5 nitrogen and oxygen atoms in total. The minimum absolute atomic E-state index is 0.0119. The molecule has 0 radical (unpaired) electrons. The first-order chi connectivity index (χ1) is 10.7. The van der Waals surface area contributed by atoms with Crippen LogP contribution in [0.3, 0.4) is 0 Å². The quantitative estimate of drug-likeness (QED) is 0.893. The molecule has 0 spiro atoms. The number of anilines is 1. The summed E-state index contributed by atoms with van der Waals surface area (Å²) < 4.78 is 0. The number of rotatable bonds is 4. The maximum Gasteiger partial charge on any atom is 0.228 e. The zero-order valence-corrected chi connectivity index (χ0v) is 12.3. The lowest BCUT2D eigenvalue weighted by molar-refractivity contribution is -0.125. The molecule has 0 bridgehead atoms. The van der Waals surface area contributed by atoms with Crippen molar-refractivity contribution in [2.75, 3.05) is 5.32 Å². The first kappa shape index (κ1) is 14.6. The van der Waals surface area contributed by atoms with Crippen LogP contribution in [-0.2, 0) is 9.59 Å². The van der Waals surface area contributed by atoms with Crippen LogP contribution in [0.1, 0.15) is 37.7 Å². The fourth-order valence-electron chi connectivity index (χ4n) is 3.05. The lowest BCUT2D eigenvalue weighted by Gasteiger charge is -2.11. The number of benzene rings is 1. The Balaban J connectivity index is 1.51. The Morgan fingerprint density at radius 2 is 1.86 bits per heavy atom. The SMILES string of the molecule is N#Cc1cccc(NC(=O)C2CC2C(=O)NC2CCCC2)c1. The van der Waals surface area contributed by atoms with Gasteiger partial charge in [-0.25, -0.2) is 0 Å². The van der Waals surface area contributed by atoms with Crippen LogP contribution in [0.4, 0.5) is 5.69 Å². The van der Waals surface area contributed by atoms with Crippen molar-refractivity contribution in [3.63, 3.8) is 0 Å². The summed E-state index contributed by atoms with van der Waals surface area (Å²) in [6, 6.07) is 9.12. The second-order valence-corrected chi connectivity index (χ2v) is 6.12. The van der Waals surface area contributed by atoms with Crippen LogP contribution in [0, 0.1) is 23.2 Å². The van der Waals surface area contributed by atoms with Crippen molar-refractivity contribution in [3.05, 3.63) is 29.8 Å². The molecule has 1 aromatic carbocycles. The molecule has 0 heterocycles. The van der Waals surface area contributed by atoms with Crippen LogP contribution in [0.2, 0.25) is 0 Å². The van der Waals surface area contributed by atoms with E-state index in [1.165, 1.54) is 12.8 Å². The third-order valence-electron chi connectivity index (χ3n) is 4.42. The van der Waals surface area contributed by atoms with Gasteiger partial charge in [-0.15, -0.1) is 0 Å². The third-order valence-corrected chi connectivity index (χ3v) is 4.42. The Morgan fingerprint density at radius 3 is 2.59 bits per heavy atom. The van der Waals surface area contributed by atoms with E-state index in [1.54, 1.807) is 24.3 Å². The van der Waals surface area contributed by atoms with E-state index in [-0.39, 0.29) is 23.7 Å². The summed E-state index contributed by atoms with van der Waals surface area (Å²) in [6.45, 7) is 0. The van der Waals surface area contributed by atoms with Gasteiger partial charge in [0.25, 0.3) is 0 Å². The Bertz CT molecular complexity index is 629. The molecule has 0 saturated heterocycles. The highest BCUT2D eigenvalue weighted by atomic mass is 16.2. The summed E-state index contributed by atoms with van der Waals surface area (Å²) in [7, 11) is 0. The average Bonchev–Trinajstić information content (AvgIpc) is 3.18. The number of carbonyl (C=O) groups excluding carboxylic acids is 2. The average molecular weight is 297 g/mol. The molecular formula is C17H19N3O2. The van der Waals surface area contributed by atoms with Gasteiger partial charge >= 0.3 is 0 Å². The van der Waals surface area contributed by atoms with Crippen LogP contribution in [0.25, 0.3) is 0 Å². The first-order valence-electron chi connectivity index (χ1n) is 7.79. The van der Waals surface area contributed by atoms with E-state index >= 15 is 0 Å². The molecule has 2 fully saturated rings. The van der Waals surface area contributed by atoms with Crippen molar-refractivity contribution >= 4 is 17.5 Å². The van der Waals surface area contributed by atoms with Gasteiger partial charge in [0.05, 0.1) is 23.5 Å². The highest BCUT2D eigenvalue weighted by Crippen LogP contribution is 2.40. The fourth-order valence-corrected chi connectivity index (χ4v) is 3.05. The summed E-state index contributed by atoms with van der Waals surface area (Å²) in [4.78, 5) is 24.2. The van der Waals surface area contributed by atoms with Gasteiger partial charge in [-0.2, -0.15) is 5.26 Å². The molecule has 1 aromatic rings. The smallest absolute Gasteiger partial charge is 0.228 e. The maximum absolute atomic E-state index is 12.2. The molecule has 114 valence electrons. The van der Waals surface area contributed by atoms with Crippen molar-refractivity contribution in [2.24, 2.45) is 11.8 Å². The van der Waals surface area contributed by atoms with Gasteiger partial charge < -0.3 is 10.6 Å². The molecule has 2 aliphatic rings. The minimum atomic E-state index is -0.243. The van der Waals surface area contributed by atoms with E-state index < -0.39 is 0 Å². The van der Waals surface area contributed by atoms with Crippen molar-refractivity contribution in [1.29, 1.82) is 5.26 Å². The van der Waals surface area contributed by atoms with Crippen LogP contribution in [-0.4, -0.2) is 17.9 Å². The highest BCUT2D eigenvalue weighted by molar-refractivity contribution is 5.99. The summed E-state index contributed by atoms with van der Waals surface area (Å²) in [6.07, 6.45) is 5.07. The number of hydrogen-bond donors (Lipinski definition) is 2. The largest absolute Gasteiger partial charge is 0.353 e. The van der Waals surface area contributed by atoms with E-state index in [1.807, 2.05) is 6.07 Å². The molecule has 2 unspecified atom stereocenters. The van der Waals surface area contributed by atoms with E-state index in [4.69, 9.17) is 5.26 Å². The van der Waals surface area contributed by atoms with Crippen LogP contribution >= 0.6 is 0 Å². The Kier molecular flexibility index (Phi) is 4.10.